The Balaban J connectivity index is 4.81. The monoisotopic (exact) mass is 192 g/mol. The third-order valence-corrected chi connectivity index (χ3v) is 2.19. The van der Waals surface area contributed by atoms with E-state index in [1.165, 1.54) is 36.8 Å². The largest absolute Gasteiger partial charge is 0.0874 e. The molecule has 0 aliphatic carbocycles. The van der Waals surface area contributed by atoms with Gasteiger partial charge in [0, 0.05) is 0 Å². The van der Waals surface area contributed by atoms with E-state index in [-0.39, 0.29) is 0 Å². The van der Waals surface area contributed by atoms with Crippen LogP contribution in [0.3, 0.4) is 0 Å². The van der Waals surface area contributed by atoms with Crippen LogP contribution in [0, 0.1) is 0 Å². The summed E-state index contributed by atoms with van der Waals surface area (Å²) in [4.78, 5) is 0. The minimum Gasteiger partial charge on any atom is -0.0874 e. The molecule has 0 amide bonds. The molecule has 0 fully saturated rings. The van der Waals surface area contributed by atoms with E-state index in [0.29, 0.717) is 0 Å². The van der Waals surface area contributed by atoms with Crippen molar-refractivity contribution in [3.05, 3.63) is 35.5 Å². The molecule has 0 bridgehead atoms. The van der Waals surface area contributed by atoms with Crippen molar-refractivity contribution in [1.82, 2.24) is 0 Å². The molecule has 0 aromatic rings. The van der Waals surface area contributed by atoms with Crippen molar-refractivity contribution in [3.63, 3.8) is 0 Å². The molecule has 0 aromatic heterocycles. The summed E-state index contributed by atoms with van der Waals surface area (Å²) in [6.07, 6.45) is 13.7. The van der Waals surface area contributed by atoms with Gasteiger partial charge in [0.05, 0.1) is 0 Å². The van der Waals surface area contributed by atoms with Gasteiger partial charge >= 0.3 is 0 Å². The average Bonchev–Trinajstić information content (AvgIpc) is 2.17. The maximum atomic E-state index is 2.26. The Morgan fingerprint density at radius 3 is 1.36 bits per heavy atom. The SMILES string of the molecule is C\C=C/C(CCC)=C(\C=C/C)CCC. The van der Waals surface area contributed by atoms with Gasteiger partial charge in [-0.05, 0) is 37.8 Å². The van der Waals surface area contributed by atoms with Gasteiger partial charge < -0.3 is 0 Å². The highest BCUT2D eigenvalue weighted by atomic mass is 14.0. The molecule has 0 heteroatoms. The van der Waals surface area contributed by atoms with Gasteiger partial charge in [-0.2, -0.15) is 0 Å². The Labute approximate surface area is 89.4 Å². The molecule has 0 atom stereocenters. The van der Waals surface area contributed by atoms with Gasteiger partial charge in [-0.25, -0.2) is 0 Å². The van der Waals surface area contributed by atoms with Crippen molar-refractivity contribution in [2.45, 2.75) is 53.4 Å². The number of allylic oxidation sites excluding steroid dienone is 6. The molecular formula is C14H24. The van der Waals surface area contributed by atoms with Crippen LogP contribution in [0.1, 0.15) is 53.4 Å². The topological polar surface area (TPSA) is 0 Å². The fraction of sp³-hybridized carbons (Fsp3) is 0.571. The van der Waals surface area contributed by atoms with Crippen molar-refractivity contribution >= 4 is 0 Å². The van der Waals surface area contributed by atoms with E-state index in [4.69, 9.17) is 0 Å². The lowest BCUT2D eigenvalue weighted by molar-refractivity contribution is 0.869. The molecule has 0 unspecified atom stereocenters. The van der Waals surface area contributed by atoms with Crippen LogP contribution in [0.4, 0.5) is 0 Å². The van der Waals surface area contributed by atoms with Gasteiger partial charge in [0.25, 0.3) is 0 Å². The summed E-state index contributed by atoms with van der Waals surface area (Å²) in [5.74, 6) is 0. The van der Waals surface area contributed by atoms with Gasteiger partial charge in [-0.15, -0.1) is 0 Å². The van der Waals surface area contributed by atoms with E-state index < -0.39 is 0 Å². The maximum absolute atomic E-state index is 2.26. The minimum atomic E-state index is 1.20. The smallest absolute Gasteiger partial charge is 0.0279 e. The molecule has 0 saturated carbocycles. The Hall–Kier alpha value is -0.780. The zero-order chi connectivity index (χ0) is 10.8. The lowest BCUT2D eigenvalue weighted by Gasteiger charge is -2.07. The van der Waals surface area contributed by atoms with Crippen molar-refractivity contribution in [3.8, 4) is 0 Å². The van der Waals surface area contributed by atoms with Crippen molar-refractivity contribution in [2.24, 2.45) is 0 Å². The summed E-state index contributed by atoms with van der Waals surface area (Å²) in [5.41, 5.74) is 3.02. The molecular weight excluding hydrogens is 168 g/mol. The average molecular weight is 192 g/mol. The molecule has 0 saturated heterocycles. The molecule has 0 heterocycles. The summed E-state index contributed by atoms with van der Waals surface area (Å²) >= 11 is 0. The van der Waals surface area contributed by atoms with Crippen LogP contribution in [0.25, 0.3) is 0 Å². The quantitative estimate of drug-likeness (QED) is 0.517. The predicted octanol–water partition coefficient (Wildman–Crippen LogP) is 5.04. The number of hydrogen-bond donors (Lipinski definition) is 0. The molecule has 0 aliphatic heterocycles. The lowest BCUT2D eigenvalue weighted by Crippen LogP contribution is -1.87. The number of hydrogen-bond acceptors (Lipinski definition) is 0. The first-order chi connectivity index (χ1) is 6.79. The van der Waals surface area contributed by atoms with Crippen molar-refractivity contribution < 1.29 is 0 Å². The second-order valence-corrected chi connectivity index (χ2v) is 3.55. The van der Waals surface area contributed by atoms with Crippen LogP contribution in [0.15, 0.2) is 35.5 Å². The molecule has 0 rings (SSSR count). The Kier molecular flexibility index (Phi) is 8.31. The second-order valence-electron chi connectivity index (χ2n) is 3.55. The van der Waals surface area contributed by atoms with E-state index in [9.17, 15) is 0 Å². The first-order valence-electron chi connectivity index (χ1n) is 5.77. The highest BCUT2D eigenvalue weighted by molar-refractivity contribution is 5.32. The summed E-state index contributed by atoms with van der Waals surface area (Å²) < 4.78 is 0. The molecule has 0 aliphatic rings. The minimum absolute atomic E-state index is 1.20. The van der Waals surface area contributed by atoms with Crippen LogP contribution in [-0.2, 0) is 0 Å². The first-order valence-corrected chi connectivity index (χ1v) is 5.77. The van der Waals surface area contributed by atoms with Crippen LogP contribution < -0.4 is 0 Å². The van der Waals surface area contributed by atoms with E-state index in [1.54, 1.807) is 0 Å². The molecule has 80 valence electrons. The molecule has 0 aromatic carbocycles. The summed E-state index contributed by atoms with van der Waals surface area (Å²) in [5, 5.41) is 0. The van der Waals surface area contributed by atoms with Crippen LogP contribution in [0.2, 0.25) is 0 Å². The number of rotatable bonds is 6. The fourth-order valence-corrected chi connectivity index (χ4v) is 1.64. The standard InChI is InChI=1S/C14H24/c1-5-9-13(10-6-2)14(11-7-3)12-8-4/h5,7,9,11H,6,8,10,12H2,1-4H3/b9-5-,11-7-,14-13-. The lowest BCUT2D eigenvalue weighted by atomic mass is 9.99. The normalized spacial score (nSPS) is 14.0. The molecule has 14 heavy (non-hydrogen) atoms. The second kappa shape index (κ2) is 8.80. The Morgan fingerprint density at radius 2 is 1.14 bits per heavy atom. The summed E-state index contributed by atoms with van der Waals surface area (Å²) in [7, 11) is 0. The van der Waals surface area contributed by atoms with Crippen LogP contribution >= 0.6 is 0 Å². The van der Waals surface area contributed by atoms with Crippen LogP contribution in [0.5, 0.6) is 0 Å². The van der Waals surface area contributed by atoms with Crippen molar-refractivity contribution in [2.75, 3.05) is 0 Å². The Bertz CT molecular complexity index is 192. The fourth-order valence-electron chi connectivity index (χ4n) is 1.64. The maximum Gasteiger partial charge on any atom is -0.0279 e. The van der Waals surface area contributed by atoms with Gasteiger partial charge in [0.15, 0.2) is 0 Å². The van der Waals surface area contributed by atoms with Crippen LogP contribution in [-0.4, -0.2) is 0 Å². The zero-order valence-electron chi connectivity index (χ0n) is 10.1. The van der Waals surface area contributed by atoms with Gasteiger partial charge in [-0.3, -0.25) is 0 Å². The van der Waals surface area contributed by atoms with Gasteiger partial charge in [0.2, 0.25) is 0 Å². The van der Waals surface area contributed by atoms with Crippen molar-refractivity contribution in [1.29, 1.82) is 0 Å². The first kappa shape index (κ1) is 13.2. The van der Waals surface area contributed by atoms with E-state index in [0.717, 1.165) is 0 Å². The van der Waals surface area contributed by atoms with Gasteiger partial charge in [0.1, 0.15) is 0 Å². The van der Waals surface area contributed by atoms with E-state index in [2.05, 4.69) is 52.0 Å². The highest BCUT2D eigenvalue weighted by Gasteiger charge is 1.99. The summed E-state index contributed by atoms with van der Waals surface area (Å²) in [6.45, 7) is 8.66. The van der Waals surface area contributed by atoms with E-state index >= 15 is 0 Å². The third-order valence-electron chi connectivity index (χ3n) is 2.19. The molecule has 0 N–H and O–H groups in total. The summed E-state index contributed by atoms with van der Waals surface area (Å²) in [6, 6.07) is 0. The Morgan fingerprint density at radius 1 is 0.786 bits per heavy atom. The molecule has 0 nitrogen and oxygen atoms in total. The zero-order valence-corrected chi connectivity index (χ0v) is 10.1. The predicted molar refractivity (Wildman–Crippen MR) is 66.5 cm³/mol. The highest BCUT2D eigenvalue weighted by Crippen LogP contribution is 2.18. The van der Waals surface area contributed by atoms with E-state index in [1.807, 2.05) is 0 Å². The third kappa shape index (κ3) is 5.06. The molecule has 0 radical (unpaired) electrons. The molecule has 0 spiro atoms. The van der Waals surface area contributed by atoms with Gasteiger partial charge in [-0.1, -0.05) is 51.0 Å².